The number of aromatic hydroxyl groups is 1. The van der Waals surface area contributed by atoms with Gasteiger partial charge >= 0.3 is 0 Å². The zero-order valence-corrected chi connectivity index (χ0v) is 8.18. The maximum absolute atomic E-state index is 10.9. The van der Waals surface area contributed by atoms with Crippen molar-refractivity contribution in [2.45, 2.75) is 18.9 Å². The van der Waals surface area contributed by atoms with E-state index >= 15 is 0 Å². The Morgan fingerprint density at radius 2 is 2.13 bits per heavy atom. The number of aldehydes is 1. The smallest absolute Gasteiger partial charge is 0.166 e. The largest absolute Gasteiger partial charge is 0.508 e. The molecule has 0 bridgehead atoms. The Bertz CT molecular complexity index is 538. The van der Waals surface area contributed by atoms with Crippen LogP contribution in [0.2, 0.25) is 0 Å². The Hall–Kier alpha value is -1.77. The zero-order valence-electron chi connectivity index (χ0n) is 8.18. The predicted molar refractivity (Wildman–Crippen MR) is 57.3 cm³/mol. The predicted octanol–water partition coefficient (Wildman–Crippen LogP) is 2.49. The van der Waals surface area contributed by atoms with Gasteiger partial charge < -0.3 is 9.67 Å². The summed E-state index contributed by atoms with van der Waals surface area (Å²) in [6, 6.07) is 7.54. The first kappa shape index (κ1) is 8.53. The number of benzene rings is 1. The number of hydrogen-bond donors (Lipinski definition) is 1. The summed E-state index contributed by atoms with van der Waals surface area (Å²) in [6.45, 7) is 0. The fourth-order valence-electron chi connectivity index (χ4n) is 2.06. The van der Waals surface area contributed by atoms with Crippen LogP contribution in [0.3, 0.4) is 0 Å². The third kappa shape index (κ3) is 1.23. The molecule has 0 radical (unpaired) electrons. The molecule has 2 aromatic rings. The van der Waals surface area contributed by atoms with E-state index in [-0.39, 0.29) is 5.75 Å². The van der Waals surface area contributed by atoms with Crippen LogP contribution < -0.4 is 0 Å². The van der Waals surface area contributed by atoms with Crippen LogP contribution in [0.15, 0.2) is 24.3 Å². The van der Waals surface area contributed by atoms with E-state index in [0.717, 1.165) is 30.0 Å². The van der Waals surface area contributed by atoms with Gasteiger partial charge in [-0.1, -0.05) is 0 Å². The zero-order chi connectivity index (χ0) is 10.4. The summed E-state index contributed by atoms with van der Waals surface area (Å²) in [7, 11) is 0. The molecular formula is C12H11NO2. The molecule has 0 atom stereocenters. The first-order valence-corrected chi connectivity index (χ1v) is 5.09. The van der Waals surface area contributed by atoms with Crippen molar-refractivity contribution < 1.29 is 9.90 Å². The van der Waals surface area contributed by atoms with Crippen molar-refractivity contribution in [3.63, 3.8) is 0 Å². The average molecular weight is 201 g/mol. The van der Waals surface area contributed by atoms with Gasteiger partial charge in [-0.3, -0.25) is 4.79 Å². The second kappa shape index (κ2) is 2.86. The minimum absolute atomic E-state index is 0.250. The van der Waals surface area contributed by atoms with E-state index in [2.05, 4.69) is 0 Å². The molecule has 0 aliphatic heterocycles. The van der Waals surface area contributed by atoms with E-state index in [0.29, 0.717) is 11.7 Å². The molecule has 1 saturated carbocycles. The normalized spacial score (nSPS) is 15.7. The minimum Gasteiger partial charge on any atom is -0.508 e. The molecule has 15 heavy (non-hydrogen) atoms. The summed E-state index contributed by atoms with van der Waals surface area (Å²) in [6.07, 6.45) is 3.13. The third-order valence-electron chi connectivity index (χ3n) is 2.89. The molecule has 1 fully saturated rings. The number of phenolic OH excluding ortho intramolecular Hbond substituents is 1. The maximum Gasteiger partial charge on any atom is 0.166 e. The summed E-state index contributed by atoms with van der Waals surface area (Å²) in [4.78, 5) is 10.9. The summed E-state index contributed by atoms with van der Waals surface area (Å²) in [5.74, 6) is 0.250. The van der Waals surface area contributed by atoms with E-state index < -0.39 is 0 Å². The van der Waals surface area contributed by atoms with Crippen molar-refractivity contribution in [1.29, 1.82) is 0 Å². The number of carbonyl (C=O) groups is 1. The maximum atomic E-state index is 10.9. The minimum atomic E-state index is 0.250. The highest BCUT2D eigenvalue weighted by atomic mass is 16.3. The van der Waals surface area contributed by atoms with Gasteiger partial charge in [-0.25, -0.2) is 0 Å². The van der Waals surface area contributed by atoms with Gasteiger partial charge in [0.2, 0.25) is 0 Å². The van der Waals surface area contributed by atoms with Crippen LogP contribution in [0.4, 0.5) is 0 Å². The van der Waals surface area contributed by atoms with Crippen molar-refractivity contribution in [3.05, 3.63) is 30.0 Å². The van der Waals surface area contributed by atoms with Crippen LogP contribution in [-0.2, 0) is 0 Å². The lowest BCUT2D eigenvalue weighted by Crippen LogP contribution is -1.98. The van der Waals surface area contributed by atoms with Crippen LogP contribution in [0.5, 0.6) is 5.75 Å². The summed E-state index contributed by atoms with van der Waals surface area (Å²) < 4.78 is 2.03. The van der Waals surface area contributed by atoms with Crippen LogP contribution in [0.1, 0.15) is 29.4 Å². The molecule has 1 N–H and O–H groups in total. The molecule has 0 spiro atoms. The Balaban J connectivity index is 2.34. The molecule has 0 unspecified atom stereocenters. The van der Waals surface area contributed by atoms with Crippen molar-refractivity contribution in [2.24, 2.45) is 0 Å². The molecule has 1 aromatic carbocycles. The lowest BCUT2D eigenvalue weighted by molar-refractivity contribution is 0.111. The van der Waals surface area contributed by atoms with Crippen molar-refractivity contribution in [1.82, 2.24) is 4.57 Å². The molecule has 76 valence electrons. The number of rotatable bonds is 2. The fraction of sp³-hybridized carbons (Fsp3) is 0.250. The Morgan fingerprint density at radius 1 is 1.33 bits per heavy atom. The Labute approximate surface area is 86.9 Å². The fourth-order valence-corrected chi connectivity index (χ4v) is 2.06. The number of fused-ring (bicyclic) bond motifs is 1. The highest BCUT2D eigenvalue weighted by Crippen LogP contribution is 2.39. The second-order valence-electron chi connectivity index (χ2n) is 4.03. The molecule has 3 rings (SSSR count). The molecule has 1 aromatic heterocycles. The summed E-state index contributed by atoms with van der Waals surface area (Å²) >= 11 is 0. The third-order valence-corrected chi connectivity index (χ3v) is 2.89. The molecule has 1 heterocycles. The van der Waals surface area contributed by atoms with Gasteiger partial charge in [-0.15, -0.1) is 0 Å². The number of nitrogens with zero attached hydrogens (tertiary/aromatic N) is 1. The SMILES string of the molecule is O=Cc1cc2ccc(O)cc2n1C1CC1. The van der Waals surface area contributed by atoms with E-state index in [1.807, 2.05) is 16.7 Å². The van der Waals surface area contributed by atoms with E-state index in [4.69, 9.17) is 0 Å². The number of aromatic nitrogens is 1. The molecular weight excluding hydrogens is 190 g/mol. The molecule has 0 saturated heterocycles. The standard InChI is InChI=1S/C12H11NO2/c14-7-10-5-8-1-4-11(15)6-12(8)13(10)9-2-3-9/h1,4-7,9,15H,2-3H2. The van der Waals surface area contributed by atoms with Gasteiger partial charge in [-0.05, 0) is 31.0 Å². The van der Waals surface area contributed by atoms with Crippen LogP contribution in [0, 0.1) is 0 Å². The molecule has 3 nitrogen and oxygen atoms in total. The van der Waals surface area contributed by atoms with Crippen molar-refractivity contribution >= 4 is 17.2 Å². The van der Waals surface area contributed by atoms with Crippen LogP contribution in [-0.4, -0.2) is 16.0 Å². The molecule has 1 aliphatic rings. The van der Waals surface area contributed by atoms with Crippen molar-refractivity contribution in [2.75, 3.05) is 0 Å². The van der Waals surface area contributed by atoms with Gasteiger partial charge in [-0.2, -0.15) is 0 Å². The monoisotopic (exact) mass is 201 g/mol. The quantitative estimate of drug-likeness (QED) is 0.758. The average Bonchev–Trinajstić information content (AvgIpc) is 2.99. The molecule has 0 amide bonds. The Kier molecular flexibility index (Phi) is 1.63. The Morgan fingerprint density at radius 3 is 2.80 bits per heavy atom. The van der Waals surface area contributed by atoms with E-state index in [9.17, 15) is 9.90 Å². The summed E-state index contributed by atoms with van der Waals surface area (Å²) in [5, 5.41) is 10.5. The second-order valence-corrected chi connectivity index (χ2v) is 4.03. The lowest BCUT2D eigenvalue weighted by Gasteiger charge is -2.04. The highest BCUT2D eigenvalue weighted by Gasteiger charge is 2.27. The first-order chi connectivity index (χ1) is 7.29. The number of hydrogen-bond acceptors (Lipinski definition) is 2. The van der Waals surface area contributed by atoms with Gasteiger partial charge in [0.15, 0.2) is 6.29 Å². The summed E-state index contributed by atoms with van der Waals surface area (Å²) in [5.41, 5.74) is 1.66. The van der Waals surface area contributed by atoms with Gasteiger partial charge in [0.05, 0.1) is 11.2 Å². The van der Waals surface area contributed by atoms with Crippen molar-refractivity contribution in [3.8, 4) is 5.75 Å². The lowest BCUT2D eigenvalue weighted by atomic mass is 10.2. The number of phenols is 1. The van der Waals surface area contributed by atoms with Gasteiger partial charge in [0.1, 0.15) is 5.75 Å². The highest BCUT2D eigenvalue weighted by molar-refractivity contribution is 5.90. The van der Waals surface area contributed by atoms with E-state index in [1.165, 1.54) is 0 Å². The van der Waals surface area contributed by atoms with Crippen LogP contribution >= 0.6 is 0 Å². The first-order valence-electron chi connectivity index (χ1n) is 5.09. The molecule has 3 heteroatoms. The van der Waals surface area contributed by atoms with Gasteiger partial charge in [0, 0.05) is 17.5 Å². The van der Waals surface area contributed by atoms with E-state index in [1.54, 1.807) is 12.1 Å². The topological polar surface area (TPSA) is 42.2 Å². The van der Waals surface area contributed by atoms with Crippen LogP contribution in [0.25, 0.3) is 10.9 Å². The van der Waals surface area contributed by atoms with Gasteiger partial charge in [0.25, 0.3) is 0 Å². The molecule has 1 aliphatic carbocycles. The number of carbonyl (C=O) groups excluding carboxylic acids is 1.